The Morgan fingerprint density at radius 3 is 2.65 bits per heavy atom. The molecule has 0 saturated carbocycles. The van der Waals surface area contributed by atoms with E-state index in [9.17, 15) is 0 Å². The lowest BCUT2D eigenvalue weighted by Crippen LogP contribution is -2.13. The fraction of sp³-hybridized carbons (Fsp3) is 0.286. The molecule has 2 rings (SSSR count). The third-order valence-corrected chi connectivity index (χ3v) is 3.81. The maximum atomic E-state index is 9.06. The van der Waals surface area contributed by atoms with Crippen LogP contribution in [-0.4, -0.2) is 4.98 Å². The van der Waals surface area contributed by atoms with E-state index < -0.39 is 5.41 Å². The summed E-state index contributed by atoms with van der Waals surface area (Å²) in [6.45, 7) is 3.80. The first kappa shape index (κ1) is 11.8. The lowest BCUT2D eigenvalue weighted by molar-refractivity contribution is 0.676. The van der Waals surface area contributed by atoms with Crippen molar-refractivity contribution in [3.63, 3.8) is 0 Å². The van der Waals surface area contributed by atoms with Crippen molar-refractivity contribution in [3.8, 4) is 6.07 Å². The molecule has 1 heterocycles. The summed E-state index contributed by atoms with van der Waals surface area (Å²) in [5.41, 5.74) is 1.80. The Hall–Kier alpha value is -1.66. The highest BCUT2D eigenvalue weighted by Gasteiger charge is 2.23. The van der Waals surface area contributed by atoms with Gasteiger partial charge in [0.1, 0.15) is 10.4 Å². The SMILES string of the molecule is CC(C)(C#N)c1nc(Cc2ccccc2)cs1. The van der Waals surface area contributed by atoms with Crippen molar-refractivity contribution < 1.29 is 0 Å². The van der Waals surface area contributed by atoms with E-state index in [2.05, 4.69) is 23.2 Å². The lowest BCUT2D eigenvalue weighted by atomic mass is 9.97. The van der Waals surface area contributed by atoms with Crippen LogP contribution in [0.2, 0.25) is 0 Å². The molecule has 2 aromatic rings. The number of nitriles is 1. The van der Waals surface area contributed by atoms with E-state index in [0.717, 1.165) is 17.1 Å². The number of hydrogen-bond acceptors (Lipinski definition) is 3. The largest absolute Gasteiger partial charge is 0.244 e. The molecule has 17 heavy (non-hydrogen) atoms. The summed E-state index contributed by atoms with van der Waals surface area (Å²) in [7, 11) is 0. The highest BCUT2D eigenvalue weighted by molar-refractivity contribution is 7.09. The molecule has 0 N–H and O–H groups in total. The molecule has 0 fully saturated rings. The van der Waals surface area contributed by atoms with Gasteiger partial charge in [-0.3, -0.25) is 0 Å². The molecule has 0 aliphatic heterocycles. The van der Waals surface area contributed by atoms with Gasteiger partial charge in [-0.1, -0.05) is 30.3 Å². The fourth-order valence-corrected chi connectivity index (χ4v) is 2.42. The van der Waals surface area contributed by atoms with Gasteiger partial charge < -0.3 is 0 Å². The van der Waals surface area contributed by atoms with Crippen molar-refractivity contribution in [1.82, 2.24) is 4.98 Å². The highest BCUT2D eigenvalue weighted by atomic mass is 32.1. The zero-order valence-corrected chi connectivity index (χ0v) is 10.8. The Labute approximate surface area is 106 Å². The molecule has 0 saturated heterocycles. The highest BCUT2D eigenvalue weighted by Crippen LogP contribution is 2.26. The van der Waals surface area contributed by atoms with Crippen LogP contribution < -0.4 is 0 Å². The van der Waals surface area contributed by atoms with Crippen molar-refractivity contribution in [2.24, 2.45) is 0 Å². The van der Waals surface area contributed by atoms with Gasteiger partial charge in [0.05, 0.1) is 11.8 Å². The quantitative estimate of drug-likeness (QED) is 0.825. The topological polar surface area (TPSA) is 36.7 Å². The fourth-order valence-electron chi connectivity index (χ4n) is 1.53. The zero-order chi connectivity index (χ0) is 12.3. The van der Waals surface area contributed by atoms with Gasteiger partial charge in [0.2, 0.25) is 0 Å². The van der Waals surface area contributed by atoms with Crippen molar-refractivity contribution >= 4 is 11.3 Å². The van der Waals surface area contributed by atoms with E-state index in [0.29, 0.717) is 0 Å². The van der Waals surface area contributed by atoms with Crippen molar-refractivity contribution in [2.75, 3.05) is 0 Å². The number of benzene rings is 1. The van der Waals surface area contributed by atoms with Gasteiger partial charge in [-0.2, -0.15) is 5.26 Å². The second-order valence-corrected chi connectivity index (χ2v) is 5.40. The third-order valence-electron chi connectivity index (χ3n) is 2.59. The van der Waals surface area contributed by atoms with Gasteiger partial charge in [0.25, 0.3) is 0 Å². The number of thiazole rings is 1. The van der Waals surface area contributed by atoms with Crippen LogP contribution in [0.3, 0.4) is 0 Å². The minimum absolute atomic E-state index is 0.487. The van der Waals surface area contributed by atoms with Crippen LogP contribution >= 0.6 is 11.3 Å². The molecule has 0 aliphatic carbocycles. The van der Waals surface area contributed by atoms with E-state index in [1.807, 2.05) is 37.4 Å². The van der Waals surface area contributed by atoms with E-state index in [1.54, 1.807) is 11.3 Å². The van der Waals surface area contributed by atoms with Gasteiger partial charge in [-0.15, -0.1) is 11.3 Å². The Morgan fingerprint density at radius 2 is 2.00 bits per heavy atom. The van der Waals surface area contributed by atoms with Gasteiger partial charge >= 0.3 is 0 Å². The molecule has 0 atom stereocenters. The molecular weight excluding hydrogens is 228 g/mol. The molecule has 3 heteroatoms. The van der Waals surface area contributed by atoms with E-state index >= 15 is 0 Å². The Bertz CT molecular complexity index is 535. The normalized spacial score (nSPS) is 11.1. The Kier molecular flexibility index (Phi) is 3.26. The minimum atomic E-state index is -0.487. The second kappa shape index (κ2) is 4.68. The molecule has 1 aromatic heterocycles. The summed E-state index contributed by atoms with van der Waals surface area (Å²) in [5, 5.41) is 12.0. The number of hydrogen-bond donors (Lipinski definition) is 0. The van der Waals surface area contributed by atoms with E-state index in [-0.39, 0.29) is 0 Å². The first-order valence-corrected chi connectivity index (χ1v) is 6.40. The summed E-state index contributed by atoms with van der Waals surface area (Å²) in [6, 6.07) is 12.5. The monoisotopic (exact) mass is 242 g/mol. The van der Waals surface area contributed by atoms with E-state index in [4.69, 9.17) is 5.26 Å². The van der Waals surface area contributed by atoms with Crippen LogP contribution in [0.4, 0.5) is 0 Å². The van der Waals surface area contributed by atoms with Crippen molar-refractivity contribution in [2.45, 2.75) is 25.7 Å². The predicted molar refractivity (Wildman–Crippen MR) is 70.0 cm³/mol. The van der Waals surface area contributed by atoms with Crippen LogP contribution in [-0.2, 0) is 11.8 Å². The number of nitrogens with zero attached hydrogens (tertiary/aromatic N) is 2. The molecule has 0 radical (unpaired) electrons. The first-order valence-electron chi connectivity index (χ1n) is 5.52. The molecule has 0 unspecified atom stereocenters. The summed E-state index contributed by atoms with van der Waals surface area (Å²) in [6.07, 6.45) is 0.832. The Morgan fingerprint density at radius 1 is 1.29 bits per heavy atom. The van der Waals surface area contributed by atoms with E-state index in [1.165, 1.54) is 5.56 Å². The predicted octanol–water partition coefficient (Wildman–Crippen LogP) is 3.54. The second-order valence-electron chi connectivity index (χ2n) is 4.54. The van der Waals surface area contributed by atoms with Crippen LogP contribution in [0, 0.1) is 11.3 Å². The van der Waals surface area contributed by atoms with Gasteiger partial charge in [-0.05, 0) is 19.4 Å². The van der Waals surface area contributed by atoms with Gasteiger partial charge in [0, 0.05) is 11.8 Å². The molecule has 0 amide bonds. The minimum Gasteiger partial charge on any atom is -0.244 e. The zero-order valence-electron chi connectivity index (χ0n) is 9.97. The average molecular weight is 242 g/mol. The maximum Gasteiger partial charge on any atom is 0.113 e. The summed E-state index contributed by atoms with van der Waals surface area (Å²) in [5.74, 6) is 0. The first-order chi connectivity index (χ1) is 8.12. The Balaban J connectivity index is 2.18. The molecule has 0 bridgehead atoms. The van der Waals surface area contributed by atoms with Gasteiger partial charge in [0.15, 0.2) is 0 Å². The molecule has 0 aliphatic rings. The summed E-state index contributed by atoms with van der Waals surface area (Å²) >= 11 is 1.57. The van der Waals surface area contributed by atoms with Gasteiger partial charge in [-0.25, -0.2) is 4.98 Å². The molecule has 0 spiro atoms. The summed E-state index contributed by atoms with van der Waals surface area (Å²) < 4.78 is 0. The standard InChI is InChI=1S/C14H14N2S/c1-14(2,10-15)13-16-12(9-17-13)8-11-6-4-3-5-7-11/h3-7,9H,8H2,1-2H3. The van der Waals surface area contributed by atoms with Crippen LogP contribution in [0.15, 0.2) is 35.7 Å². The number of rotatable bonds is 3. The molecule has 2 nitrogen and oxygen atoms in total. The van der Waals surface area contributed by atoms with Crippen LogP contribution in [0.25, 0.3) is 0 Å². The van der Waals surface area contributed by atoms with Crippen LogP contribution in [0.1, 0.15) is 30.1 Å². The maximum absolute atomic E-state index is 9.06. The van der Waals surface area contributed by atoms with Crippen molar-refractivity contribution in [3.05, 3.63) is 52.0 Å². The summed E-state index contributed by atoms with van der Waals surface area (Å²) in [4.78, 5) is 4.54. The third kappa shape index (κ3) is 2.72. The molecule has 86 valence electrons. The lowest BCUT2D eigenvalue weighted by Gasteiger charge is -2.09. The molecule has 1 aromatic carbocycles. The van der Waals surface area contributed by atoms with Crippen molar-refractivity contribution in [1.29, 1.82) is 5.26 Å². The molecular formula is C14H14N2S. The van der Waals surface area contributed by atoms with Crippen LogP contribution in [0.5, 0.6) is 0 Å². The smallest absolute Gasteiger partial charge is 0.113 e. The average Bonchev–Trinajstić information content (AvgIpc) is 2.80. The number of aromatic nitrogens is 1.